The average molecular weight is 553 g/mol. The van der Waals surface area contributed by atoms with Crippen molar-refractivity contribution in [3.8, 4) is 11.3 Å². The predicted octanol–water partition coefficient (Wildman–Crippen LogP) is 4.68. The molecular weight excluding hydrogens is 516 g/mol. The average Bonchev–Trinajstić information content (AvgIpc) is 3.31. The van der Waals surface area contributed by atoms with Crippen LogP contribution >= 0.6 is 0 Å². The van der Waals surface area contributed by atoms with Gasteiger partial charge >= 0.3 is 6.03 Å². The lowest BCUT2D eigenvalue weighted by Gasteiger charge is -2.27. The summed E-state index contributed by atoms with van der Waals surface area (Å²) in [4.78, 5) is 43.7. The number of anilines is 2. The molecule has 1 aromatic heterocycles. The highest BCUT2D eigenvalue weighted by Crippen LogP contribution is 2.32. The van der Waals surface area contributed by atoms with E-state index in [0.29, 0.717) is 25.1 Å². The van der Waals surface area contributed by atoms with Crippen molar-refractivity contribution in [1.29, 1.82) is 0 Å². The van der Waals surface area contributed by atoms with Crippen molar-refractivity contribution in [2.75, 3.05) is 17.3 Å². The zero-order valence-corrected chi connectivity index (χ0v) is 23.6. The SMILES string of the molecule is CNC(=O)Nc1ccccc1-c1cc2cc(CN3C(=O)[C@H](NC(=O)CC(C)(C)N)CCc4ccccc43)ccc2[nH]1. The number of hydrogen-bond acceptors (Lipinski definition) is 4. The highest BCUT2D eigenvalue weighted by atomic mass is 16.2. The fourth-order valence-electron chi connectivity index (χ4n) is 5.29. The van der Waals surface area contributed by atoms with Gasteiger partial charge in [-0.2, -0.15) is 0 Å². The number of aryl methyl sites for hydroxylation is 1. The smallest absolute Gasteiger partial charge is 0.318 e. The number of para-hydroxylation sites is 2. The third-order valence-corrected chi connectivity index (χ3v) is 7.22. The van der Waals surface area contributed by atoms with E-state index in [1.165, 1.54) is 0 Å². The van der Waals surface area contributed by atoms with Gasteiger partial charge in [-0.15, -0.1) is 0 Å². The van der Waals surface area contributed by atoms with Gasteiger partial charge in [0.15, 0.2) is 0 Å². The molecule has 9 heteroatoms. The first-order chi connectivity index (χ1) is 19.6. The molecule has 4 amide bonds. The van der Waals surface area contributed by atoms with Crippen molar-refractivity contribution in [2.24, 2.45) is 5.73 Å². The van der Waals surface area contributed by atoms with Gasteiger partial charge in [-0.3, -0.25) is 9.59 Å². The van der Waals surface area contributed by atoms with Gasteiger partial charge in [0.1, 0.15) is 6.04 Å². The normalized spacial score (nSPS) is 15.3. The molecule has 6 N–H and O–H groups in total. The van der Waals surface area contributed by atoms with E-state index < -0.39 is 11.6 Å². The van der Waals surface area contributed by atoms with E-state index >= 15 is 0 Å². The number of H-pyrrole nitrogens is 1. The number of aromatic amines is 1. The number of carbonyl (C=O) groups excluding carboxylic acids is 3. The van der Waals surface area contributed by atoms with Crippen LogP contribution < -0.4 is 26.6 Å². The van der Waals surface area contributed by atoms with Crippen molar-refractivity contribution in [3.63, 3.8) is 0 Å². The summed E-state index contributed by atoms with van der Waals surface area (Å²) in [6.07, 6.45) is 1.34. The molecule has 1 aliphatic heterocycles. The lowest BCUT2D eigenvalue weighted by molar-refractivity contribution is -0.128. The fraction of sp³-hybridized carbons (Fsp3) is 0.281. The van der Waals surface area contributed by atoms with E-state index in [-0.39, 0.29) is 24.3 Å². The summed E-state index contributed by atoms with van der Waals surface area (Å²) >= 11 is 0. The van der Waals surface area contributed by atoms with Crippen LogP contribution in [0.5, 0.6) is 0 Å². The lowest BCUT2D eigenvalue weighted by atomic mass is 10.0. The van der Waals surface area contributed by atoms with Crippen molar-refractivity contribution in [2.45, 2.75) is 51.2 Å². The van der Waals surface area contributed by atoms with E-state index in [1.54, 1.807) is 25.8 Å². The van der Waals surface area contributed by atoms with Crippen molar-refractivity contribution in [1.82, 2.24) is 15.6 Å². The summed E-state index contributed by atoms with van der Waals surface area (Å²) in [5.41, 5.74) is 11.6. The molecule has 0 aliphatic carbocycles. The number of aromatic nitrogens is 1. The van der Waals surface area contributed by atoms with Gasteiger partial charge in [-0.1, -0.05) is 42.5 Å². The topological polar surface area (TPSA) is 132 Å². The number of carbonyl (C=O) groups is 3. The van der Waals surface area contributed by atoms with Crippen molar-refractivity contribution >= 4 is 40.1 Å². The predicted molar refractivity (Wildman–Crippen MR) is 163 cm³/mol. The molecule has 1 atom stereocenters. The number of nitrogens with zero attached hydrogens (tertiary/aromatic N) is 1. The Kier molecular flexibility index (Phi) is 7.81. The van der Waals surface area contributed by atoms with E-state index in [4.69, 9.17) is 5.73 Å². The van der Waals surface area contributed by atoms with E-state index in [0.717, 1.165) is 39.0 Å². The maximum absolute atomic E-state index is 13.9. The molecule has 0 bridgehead atoms. The number of urea groups is 1. The number of rotatable bonds is 7. The number of hydrogen-bond donors (Lipinski definition) is 5. The summed E-state index contributed by atoms with van der Waals surface area (Å²) in [6, 6.07) is 22.7. The summed E-state index contributed by atoms with van der Waals surface area (Å²) in [6.45, 7) is 3.95. The van der Waals surface area contributed by atoms with Crippen molar-refractivity contribution < 1.29 is 14.4 Å². The summed E-state index contributed by atoms with van der Waals surface area (Å²) < 4.78 is 0. The molecule has 0 spiro atoms. The molecule has 9 nitrogen and oxygen atoms in total. The standard InChI is InChI=1S/C32H36N6O3/c1-32(2,33)18-29(39)36-26-15-13-21-8-4-7-11-28(21)38(30(26)40)19-20-12-14-24-22(16-20)17-27(35-24)23-9-5-6-10-25(23)37-31(41)34-3/h4-12,14,16-17,26,35H,13,15,18-19,33H2,1-3H3,(H,36,39)(H2,34,37,41)/t26-/m1/s1. The molecule has 41 heavy (non-hydrogen) atoms. The Morgan fingerprint density at radius 2 is 1.80 bits per heavy atom. The fourth-order valence-corrected chi connectivity index (χ4v) is 5.29. The number of amides is 4. The zero-order chi connectivity index (χ0) is 29.1. The maximum atomic E-state index is 13.9. The van der Waals surface area contributed by atoms with Crippen LogP contribution in [-0.2, 0) is 22.6 Å². The molecular formula is C32H36N6O3. The Bertz CT molecular complexity index is 1600. The quantitative estimate of drug-likeness (QED) is 0.228. The zero-order valence-electron chi connectivity index (χ0n) is 23.6. The van der Waals surface area contributed by atoms with Crippen LogP contribution in [0.25, 0.3) is 22.2 Å². The molecule has 0 radical (unpaired) electrons. The minimum Gasteiger partial charge on any atom is -0.354 e. The first kappa shape index (κ1) is 27.9. The van der Waals surface area contributed by atoms with Crippen LogP contribution in [0.4, 0.5) is 16.2 Å². The minimum atomic E-state index is -0.662. The van der Waals surface area contributed by atoms with Gasteiger partial charge in [-0.25, -0.2) is 4.79 Å². The van der Waals surface area contributed by atoms with Crippen LogP contribution in [0.15, 0.2) is 72.8 Å². The Balaban J connectivity index is 1.43. The molecule has 0 unspecified atom stereocenters. The first-order valence-corrected chi connectivity index (χ1v) is 13.8. The van der Waals surface area contributed by atoms with Gasteiger partial charge in [0, 0.05) is 46.9 Å². The van der Waals surface area contributed by atoms with E-state index in [9.17, 15) is 14.4 Å². The number of benzene rings is 3. The lowest BCUT2D eigenvalue weighted by Crippen LogP contribution is -2.49. The number of nitrogens with two attached hydrogens (primary N) is 1. The Hall–Kier alpha value is -4.63. The highest BCUT2D eigenvalue weighted by Gasteiger charge is 2.32. The Morgan fingerprint density at radius 1 is 1.05 bits per heavy atom. The van der Waals surface area contributed by atoms with Gasteiger partial charge < -0.3 is 31.6 Å². The molecule has 4 aromatic rings. The van der Waals surface area contributed by atoms with Crippen LogP contribution in [-0.4, -0.2) is 41.5 Å². The summed E-state index contributed by atoms with van der Waals surface area (Å²) in [7, 11) is 1.58. The first-order valence-electron chi connectivity index (χ1n) is 13.8. The summed E-state index contributed by atoms with van der Waals surface area (Å²) in [5, 5.41) is 9.37. The largest absolute Gasteiger partial charge is 0.354 e. The molecule has 212 valence electrons. The second-order valence-corrected chi connectivity index (χ2v) is 11.2. The van der Waals surface area contributed by atoms with Gasteiger partial charge in [-0.05, 0) is 68.1 Å². The minimum absolute atomic E-state index is 0.137. The molecule has 0 fully saturated rings. The van der Waals surface area contributed by atoms with E-state index in [2.05, 4.69) is 27.0 Å². The maximum Gasteiger partial charge on any atom is 0.318 e. The third-order valence-electron chi connectivity index (χ3n) is 7.22. The second-order valence-electron chi connectivity index (χ2n) is 11.2. The molecule has 3 aromatic carbocycles. The van der Waals surface area contributed by atoms with Gasteiger partial charge in [0.2, 0.25) is 11.8 Å². The van der Waals surface area contributed by atoms with Crippen LogP contribution in [0.3, 0.4) is 0 Å². The number of fused-ring (bicyclic) bond motifs is 2. The second kappa shape index (κ2) is 11.5. The van der Waals surface area contributed by atoms with Crippen molar-refractivity contribution in [3.05, 3.63) is 83.9 Å². The Labute approximate surface area is 239 Å². The van der Waals surface area contributed by atoms with E-state index in [1.807, 2.05) is 66.7 Å². The number of nitrogens with one attached hydrogen (secondary N) is 4. The summed E-state index contributed by atoms with van der Waals surface area (Å²) in [5.74, 6) is -0.364. The molecule has 0 saturated heterocycles. The highest BCUT2D eigenvalue weighted by molar-refractivity contribution is 6.01. The van der Waals surface area contributed by atoms with Crippen LogP contribution in [0, 0.1) is 0 Å². The molecule has 2 heterocycles. The molecule has 5 rings (SSSR count). The Morgan fingerprint density at radius 3 is 2.59 bits per heavy atom. The van der Waals surface area contributed by atoms with Gasteiger partial charge in [0.05, 0.1) is 12.2 Å². The van der Waals surface area contributed by atoms with Gasteiger partial charge in [0.25, 0.3) is 0 Å². The molecule has 0 saturated carbocycles. The molecule has 1 aliphatic rings. The monoisotopic (exact) mass is 552 g/mol. The van der Waals surface area contributed by atoms with Crippen LogP contribution in [0.1, 0.15) is 37.8 Å². The third kappa shape index (κ3) is 6.41. The van der Waals surface area contributed by atoms with Crippen LogP contribution in [0.2, 0.25) is 0 Å².